The van der Waals surface area contributed by atoms with E-state index in [4.69, 9.17) is 5.11 Å². The van der Waals surface area contributed by atoms with Crippen LogP contribution in [0.4, 0.5) is 0 Å². The van der Waals surface area contributed by atoms with Gasteiger partial charge in [0.05, 0.1) is 6.61 Å². The normalized spacial score (nSPS) is 9.90. The molecule has 0 heterocycles. The first-order chi connectivity index (χ1) is 14.2. The van der Waals surface area contributed by atoms with Gasteiger partial charge in [-0.15, -0.1) is 0 Å². The lowest BCUT2D eigenvalue weighted by Gasteiger charge is -2.00. The van der Waals surface area contributed by atoms with E-state index in [1.54, 1.807) is 0 Å². The van der Waals surface area contributed by atoms with Crippen LogP contribution < -0.4 is 0 Å². The average Bonchev–Trinajstić information content (AvgIpc) is 2.66. The maximum atomic E-state index is 8.79. The van der Waals surface area contributed by atoms with Gasteiger partial charge in [0.2, 0.25) is 0 Å². The minimum absolute atomic E-state index is 0.141. The fraction of sp³-hybridized carbons (Fsp3) is 0.357. The fourth-order valence-electron chi connectivity index (χ4n) is 3.58. The van der Waals surface area contributed by atoms with Crippen LogP contribution in [-0.4, -0.2) is 5.11 Å². The maximum Gasteiger partial charge on any atom is 0.0682 e. The van der Waals surface area contributed by atoms with Crippen molar-refractivity contribution in [3.63, 3.8) is 0 Å². The van der Waals surface area contributed by atoms with Crippen molar-refractivity contribution in [1.82, 2.24) is 0 Å². The zero-order valence-corrected chi connectivity index (χ0v) is 21.2. The van der Waals surface area contributed by atoms with E-state index >= 15 is 0 Å². The first-order valence-electron chi connectivity index (χ1n) is 10.5. The number of aryl methyl sites for hydroxylation is 7. The molecule has 1 nitrogen and oxygen atoms in total. The van der Waals surface area contributed by atoms with Crippen molar-refractivity contribution >= 4 is 15.9 Å². The number of aliphatic hydroxyl groups excluding tert-OH is 1. The Bertz CT molecular complexity index is 745. The van der Waals surface area contributed by atoms with Crippen molar-refractivity contribution < 1.29 is 5.11 Å². The molecule has 0 spiro atoms. The van der Waals surface area contributed by atoms with Gasteiger partial charge in [-0.1, -0.05) is 111 Å². The number of aliphatic hydroxyl groups is 1. The molecule has 0 unspecified atom stereocenters. The summed E-state index contributed by atoms with van der Waals surface area (Å²) in [5, 5.41) is 9.74. The Kier molecular flexibility index (Phi) is 11.7. The van der Waals surface area contributed by atoms with Gasteiger partial charge >= 0.3 is 0 Å². The lowest BCUT2D eigenvalue weighted by atomic mass is 10.1. The number of halogens is 1. The minimum atomic E-state index is 0.141. The van der Waals surface area contributed by atoms with E-state index in [0.29, 0.717) is 0 Å². The zero-order chi connectivity index (χ0) is 22.7. The SMILES string of the molecule is CCc1cc(C)cc(C)c1.Cc1cc(C)cc(CBr)c1.Cc1cc(C)cc(CO)c1. The van der Waals surface area contributed by atoms with Crippen LogP contribution in [0.15, 0.2) is 54.6 Å². The van der Waals surface area contributed by atoms with Crippen LogP contribution in [0.5, 0.6) is 0 Å². The lowest BCUT2D eigenvalue weighted by Crippen LogP contribution is -1.85. The average molecular weight is 470 g/mol. The van der Waals surface area contributed by atoms with Crippen LogP contribution in [0.3, 0.4) is 0 Å². The van der Waals surface area contributed by atoms with E-state index in [1.165, 1.54) is 44.5 Å². The highest BCUT2D eigenvalue weighted by molar-refractivity contribution is 9.08. The van der Waals surface area contributed by atoms with Gasteiger partial charge < -0.3 is 5.11 Å². The van der Waals surface area contributed by atoms with Gasteiger partial charge in [-0.05, 0) is 64.7 Å². The molecule has 1 N–H and O–H groups in total. The molecule has 0 aliphatic carbocycles. The number of rotatable bonds is 3. The van der Waals surface area contributed by atoms with Gasteiger partial charge in [0, 0.05) is 5.33 Å². The lowest BCUT2D eigenvalue weighted by molar-refractivity contribution is 0.281. The summed E-state index contributed by atoms with van der Waals surface area (Å²) in [6, 6.07) is 19.4. The van der Waals surface area contributed by atoms with E-state index in [0.717, 1.165) is 17.3 Å². The van der Waals surface area contributed by atoms with Crippen molar-refractivity contribution in [3.8, 4) is 0 Å². The molecule has 2 heteroatoms. The summed E-state index contributed by atoms with van der Waals surface area (Å²) in [6.07, 6.45) is 1.14. The largest absolute Gasteiger partial charge is 0.392 e. The Morgan fingerprint density at radius 2 is 0.833 bits per heavy atom. The summed E-state index contributed by atoms with van der Waals surface area (Å²) in [7, 11) is 0. The Balaban J connectivity index is 0.000000225. The van der Waals surface area contributed by atoms with Gasteiger partial charge in [0.15, 0.2) is 0 Å². The Morgan fingerprint density at radius 1 is 0.533 bits per heavy atom. The van der Waals surface area contributed by atoms with Crippen LogP contribution in [0.2, 0.25) is 0 Å². The third kappa shape index (κ3) is 10.2. The van der Waals surface area contributed by atoms with Gasteiger partial charge in [-0.2, -0.15) is 0 Å². The summed E-state index contributed by atoms with van der Waals surface area (Å²) in [6.45, 7) is 14.9. The molecule has 0 aliphatic rings. The molecule has 0 saturated carbocycles. The molecule has 30 heavy (non-hydrogen) atoms. The van der Waals surface area contributed by atoms with E-state index in [1.807, 2.05) is 26.0 Å². The molecule has 3 aromatic rings. The fourth-order valence-corrected chi connectivity index (χ4v) is 3.90. The second-order valence-electron chi connectivity index (χ2n) is 8.13. The highest BCUT2D eigenvalue weighted by Crippen LogP contribution is 2.11. The standard InChI is InChI=1S/C10H14.C9H11Br.C9H12O/c1-4-10-6-8(2)5-9(3)7-10;2*1-7-3-8(2)5-9(4-7)6-10/h5-7H,4H2,1-3H3;3-5H,6H2,1-2H3;3-5,10H,6H2,1-2H3. The van der Waals surface area contributed by atoms with Gasteiger partial charge in [-0.3, -0.25) is 0 Å². The number of hydrogen-bond acceptors (Lipinski definition) is 1. The summed E-state index contributed by atoms with van der Waals surface area (Å²) >= 11 is 3.43. The van der Waals surface area contributed by atoms with Crippen LogP contribution >= 0.6 is 15.9 Å². The first-order valence-corrected chi connectivity index (χ1v) is 11.7. The van der Waals surface area contributed by atoms with Gasteiger partial charge in [-0.25, -0.2) is 0 Å². The number of alkyl halides is 1. The van der Waals surface area contributed by atoms with Crippen molar-refractivity contribution in [2.45, 2.75) is 66.8 Å². The Morgan fingerprint density at radius 3 is 1.10 bits per heavy atom. The van der Waals surface area contributed by atoms with Crippen molar-refractivity contribution in [2.75, 3.05) is 0 Å². The molecule has 0 aromatic heterocycles. The van der Waals surface area contributed by atoms with Crippen LogP contribution in [0, 0.1) is 41.5 Å². The van der Waals surface area contributed by atoms with E-state index in [2.05, 4.69) is 93.0 Å². The van der Waals surface area contributed by atoms with E-state index in [-0.39, 0.29) is 6.61 Å². The molecular weight excluding hydrogens is 432 g/mol. The molecule has 162 valence electrons. The summed E-state index contributed by atoms with van der Waals surface area (Å²) in [5.74, 6) is 0. The Hall–Kier alpha value is -1.90. The molecule has 0 fully saturated rings. The van der Waals surface area contributed by atoms with Gasteiger partial charge in [0.25, 0.3) is 0 Å². The highest BCUT2D eigenvalue weighted by atomic mass is 79.9. The molecule has 3 aromatic carbocycles. The molecule has 3 rings (SSSR count). The van der Waals surface area contributed by atoms with Crippen molar-refractivity contribution in [1.29, 1.82) is 0 Å². The molecule has 0 bridgehead atoms. The van der Waals surface area contributed by atoms with Crippen LogP contribution in [0.1, 0.15) is 57.0 Å². The minimum Gasteiger partial charge on any atom is -0.392 e. The van der Waals surface area contributed by atoms with Crippen molar-refractivity contribution in [2.24, 2.45) is 0 Å². The highest BCUT2D eigenvalue weighted by Gasteiger charge is 1.93. The second-order valence-corrected chi connectivity index (χ2v) is 8.69. The molecule has 0 amide bonds. The monoisotopic (exact) mass is 468 g/mol. The number of benzene rings is 3. The quantitative estimate of drug-likeness (QED) is 0.387. The Labute approximate surface area is 192 Å². The van der Waals surface area contributed by atoms with Crippen molar-refractivity contribution in [3.05, 3.63) is 105 Å². The predicted octanol–water partition coefficient (Wildman–Crippen LogP) is 7.86. The van der Waals surface area contributed by atoms with Gasteiger partial charge in [0.1, 0.15) is 0 Å². The maximum absolute atomic E-state index is 8.79. The molecule has 0 aliphatic heterocycles. The molecule has 0 atom stereocenters. The van der Waals surface area contributed by atoms with Crippen LogP contribution in [-0.2, 0) is 18.4 Å². The van der Waals surface area contributed by atoms with E-state index in [9.17, 15) is 0 Å². The number of hydrogen-bond donors (Lipinski definition) is 1. The zero-order valence-electron chi connectivity index (χ0n) is 19.6. The summed E-state index contributed by atoms with van der Waals surface area (Å²) in [4.78, 5) is 0. The molecular formula is C28H37BrO. The third-order valence-corrected chi connectivity index (χ3v) is 5.24. The summed E-state index contributed by atoms with van der Waals surface area (Å²) < 4.78 is 0. The van der Waals surface area contributed by atoms with Crippen LogP contribution in [0.25, 0.3) is 0 Å². The topological polar surface area (TPSA) is 20.2 Å². The smallest absolute Gasteiger partial charge is 0.0682 e. The van der Waals surface area contributed by atoms with E-state index < -0.39 is 0 Å². The molecule has 0 saturated heterocycles. The first kappa shape index (κ1) is 26.1. The summed E-state index contributed by atoms with van der Waals surface area (Å²) in [5.41, 5.74) is 11.7. The second kappa shape index (κ2) is 13.4. The third-order valence-electron chi connectivity index (χ3n) is 4.59. The molecule has 0 radical (unpaired) electrons. The predicted molar refractivity (Wildman–Crippen MR) is 136 cm³/mol.